The molecule has 1 heterocycles. The van der Waals surface area contributed by atoms with Crippen LogP contribution in [-0.4, -0.2) is 15.2 Å². The lowest BCUT2D eigenvalue weighted by atomic mass is 10.2. The Kier molecular flexibility index (Phi) is 2.89. The first kappa shape index (κ1) is 11.0. The number of hydrogen-bond donors (Lipinski definition) is 3. The molecule has 0 aliphatic carbocycles. The van der Waals surface area contributed by atoms with E-state index in [1.54, 1.807) is 6.07 Å². The summed E-state index contributed by atoms with van der Waals surface area (Å²) in [6.45, 7) is 1.87. The highest BCUT2D eigenvalue weighted by atomic mass is 35.5. The van der Waals surface area contributed by atoms with Gasteiger partial charge in [-0.05, 0) is 24.6 Å². The second-order valence-corrected chi connectivity index (χ2v) is 4.04. The van der Waals surface area contributed by atoms with Crippen LogP contribution in [0.4, 0.5) is 17.6 Å². The van der Waals surface area contributed by atoms with Crippen LogP contribution >= 0.6 is 23.2 Å². The molecule has 2 rings (SSSR count). The van der Waals surface area contributed by atoms with Gasteiger partial charge in [-0.2, -0.15) is 4.98 Å². The molecule has 0 unspecified atom stereocenters. The van der Waals surface area contributed by atoms with Crippen molar-refractivity contribution < 1.29 is 0 Å². The molecule has 0 aliphatic rings. The minimum Gasteiger partial charge on any atom is -0.368 e. The smallest absolute Gasteiger partial charge is 0.248 e. The SMILES string of the molecule is Cc1cc(Nc2n[nH]c(N)n2)cc(Cl)c1Cl. The van der Waals surface area contributed by atoms with Gasteiger partial charge >= 0.3 is 0 Å². The van der Waals surface area contributed by atoms with E-state index in [1.807, 2.05) is 13.0 Å². The van der Waals surface area contributed by atoms with Crippen molar-refractivity contribution in [1.29, 1.82) is 0 Å². The van der Waals surface area contributed by atoms with Crippen LogP contribution < -0.4 is 11.1 Å². The summed E-state index contributed by atoms with van der Waals surface area (Å²) in [7, 11) is 0. The second-order valence-electron chi connectivity index (χ2n) is 3.26. The Morgan fingerprint density at radius 1 is 1.38 bits per heavy atom. The number of anilines is 3. The van der Waals surface area contributed by atoms with Gasteiger partial charge in [0.1, 0.15) is 0 Å². The van der Waals surface area contributed by atoms with E-state index in [4.69, 9.17) is 28.9 Å². The average molecular weight is 258 g/mol. The Morgan fingerprint density at radius 2 is 2.12 bits per heavy atom. The van der Waals surface area contributed by atoms with Crippen LogP contribution in [0.25, 0.3) is 0 Å². The normalized spacial score (nSPS) is 10.4. The number of nitrogens with zero attached hydrogens (tertiary/aromatic N) is 2. The summed E-state index contributed by atoms with van der Waals surface area (Å²) >= 11 is 11.9. The number of H-pyrrole nitrogens is 1. The number of aromatic amines is 1. The van der Waals surface area contributed by atoms with Crippen molar-refractivity contribution in [3.63, 3.8) is 0 Å². The summed E-state index contributed by atoms with van der Waals surface area (Å²) in [4.78, 5) is 3.91. The molecule has 0 spiro atoms. The highest BCUT2D eigenvalue weighted by Crippen LogP contribution is 2.30. The highest BCUT2D eigenvalue weighted by molar-refractivity contribution is 6.42. The molecule has 2 aromatic rings. The van der Waals surface area contributed by atoms with E-state index in [0.717, 1.165) is 11.3 Å². The fourth-order valence-electron chi connectivity index (χ4n) is 1.26. The first-order chi connectivity index (χ1) is 7.56. The molecule has 0 aliphatic heterocycles. The number of nitrogen functional groups attached to an aromatic ring is 1. The van der Waals surface area contributed by atoms with Gasteiger partial charge in [0.05, 0.1) is 10.0 Å². The van der Waals surface area contributed by atoms with E-state index >= 15 is 0 Å². The lowest BCUT2D eigenvalue weighted by Gasteiger charge is -2.06. The third kappa shape index (κ3) is 2.20. The number of halogens is 2. The molecule has 0 amide bonds. The van der Waals surface area contributed by atoms with Gasteiger partial charge in [0, 0.05) is 5.69 Å². The maximum atomic E-state index is 5.95. The van der Waals surface area contributed by atoms with E-state index in [-0.39, 0.29) is 5.95 Å². The van der Waals surface area contributed by atoms with Crippen molar-refractivity contribution in [2.45, 2.75) is 6.92 Å². The lowest BCUT2D eigenvalue weighted by Crippen LogP contribution is -1.94. The predicted octanol–water partition coefficient (Wildman–Crippen LogP) is 2.75. The maximum Gasteiger partial charge on any atom is 0.248 e. The van der Waals surface area contributed by atoms with Gasteiger partial charge in [0.15, 0.2) is 0 Å². The van der Waals surface area contributed by atoms with Crippen LogP contribution in [0.1, 0.15) is 5.56 Å². The molecule has 7 heteroatoms. The van der Waals surface area contributed by atoms with E-state index in [9.17, 15) is 0 Å². The van der Waals surface area contributed by atoms with Crippen LogP contribution in [0.3, 0.4) is 0 Å². The number of aryl methyl sites for hydroxylation is 1. The number of hydrogen-bond acceptors (Lipinski definition) is 4. The Bertz CT molecular complexity index is 499. The number of benzene rings is 1. The van der Waals surface area contributed by atoms with Gasteiger partial charge < -0.3 is 11.1 Å². The standard InChI is InChI=1S/C9H9Cl2N5/c1-4-2-5(3-6(10)7(4)11)13-9-14-8(12)15-16-9/h2-3H,1H3,(H4,12,13,14,15,16). The van der Waals surface area contributed by atoms with Crippen molar-refractivity contribution in [3.8, 4) is 0 Å². The molecule has 1 aromatic carbocycles. The van der Waals surface area contributed by atoms with E-state index in [1.165, 1.54) is 0 Å². The van der Waals surface area contributed by atoms with Crippen LogP contribution in [0.5, 0.6) is 0 Å². The molecule has 16 heavy (non-hydrogen) atoms. The fraction of sp³-hybridized carbons (Fsp3) is 0.111. The average Bonchev–Trinajstić information content (AvgIpc) is 2.60. The topological polar surface area (TPSA) is 79.6 Å². The van der Waals surface area contributed by atoms with Crippen LogP contribution in [0.15, 0.2) is 12.1 Å². The molecular weight excluding hydrogens is 249 g/mol. The summed E-state index contributed by atoms with van der Waals surface area (Å²) in [6.07, 6.45) is 0. The zero-order valence-corrected chi connectivity index (χ0v) is 9.89. The maximum absolute atomic E-state index is 5.95. The summed E-state index contributed by atoms with van der Waals surface area (Å²) in [5.41, 5.74) is 7.03. The third-order valence-corrected chi connectivity index (χ3v) is 2.87. The quantitative estimate of drug-likeness (QED) is 0.773. The Morgan fingerprint density at radius 3 is 2.69 bits per heavy atom. The van der Waals surface area contributed by atoms with Crippen LogP contribution in [0.2, 0.25) is 10.0 Å². The van der Waals surface area contributed by atoms with Gasteiger partial charge in [0.2, 0.25) is 11.9 Å². The zero-order chi connectivity index (χ0) is 11.7. The van der Waals surface area contributed by atoms with Gasteiger partial charge in [-0.3, -0.25) is 0 Å². The molecule has 0 bridgehead atoms. The molecule has 0 saturated heterocycles. The van der Waals surface area contributed by atoms with Gasteiger partial charge in [0.25, 0.3) is 0 Å². The second kappa shape index (κ2) is 4.19. The van der Waals surface area contributed by atoms with Crippen LogP contribution in [-0.2, 0) is 0 Å². The summed E-state index contributed by atoms with van der Waals surface area (Å²) in [6, 6.07) is 3.55. The Hall–Kier alpha value is -1.46. The molecule has 0 atom stereocenters. The molecule has 5 nitrogen and oxygen atoms in total. The van der Waals surface area contributed by atoms with Crippen molar-refractivity contribution in [2.75, 3.05) is 11.1 Å². The zero-order valence-electron chi connectivity index (χ0n) is 8.38. The molecule has 84 valence electrons. The molecule has 0 radical (unpaired) electrons. The Balaban J connectivity index is 2.28. The molecule has 0 fully saturated rings. The molecule has 0 saturated carbocycles. The van der Waals surface area contributed by atoms with E-state index in [2.05, 4.69) is 20.5 Å². The largest absolute Gasteiger partial charge is 0.368 e. The summed E-state index contributed by atoms with van der Waals surface area (Å²) < 4.78 is 0. The number of rotatable bonds is 2. The Labute approximate surface area is 102 Å². The molecular formula is C9H9Cl2N5. The summed E-state index contributed by atoms with van der Waals surface area (Å²) in [5.74, 6) is 0.634. The lowest BCUT2D eigenvalue weighted by molar-refractivity contribution is 1.10. The first-order valence-corrected chi connectivity index (χ1v) is 5.22. The minimum atomic E-state index is 0.249. The number of nitrogens with two attached hydrogens (primary N) is 1. The number of aromatic nitrogens is 3. The van der Waals surface area contributed by atoms with Crippen molar-refractivity contribution >= 4 is 40.8 Å². The highest BCUT2D eigenvalue weighted by Gasteiger charge is 2.06. The third-order valence-electron chi connectivity index (χ3n) is 1.97. The summed E-state index contributed by atoms with van der Waals surface area (Å²) in [5, 5.41) is 10.3. The van der Waals surface area contributed by atoms with Crippen molar-refractivity contribution in [2.24, 2.45) is 0 Å². The first-order valence-electron chi connectivity index (χ1n) is 4.47. The van der Waals surface area contributed by atoms with E-state index < -0.39 is 0 Å². The van der Waals surface area contributed by atoms with Crippen molar-refractivity contribution in [3.05, 3.63) is 27.7 Å². The fourth-order valence-corrected chi connectivity index (χ4v) is 1.63. The minimum absolute atomic E-state index is 0.249. The van der Waals surface area contributed by atoms with Crippen LogP contribution in [0, 0.1) is 6.92 Å². The van der Waals surface area contributed by atoms with Gasteiger partial charge in [-0.15, -0.1) is 5.10 Å². The predicted molar refractivity (Wildman–Crippen MR) is 65.3 cm³/mol. The van der Waals surface area contributed by atoms with Gasteiger partial charge in [-0.1, -0.05) is 23.2 Å². The number of nitrogens with one attached hydrogen (secondary N) is 2. The van der Waals surface area contributed by atoms with E-state index in [0.29, 0.717) is 16.0 Å². The molecule has 1 aromatic heterocycles. The monoisotopic (exact) mass is 257 g/mol. The molecule has 4 N–H and O–H groups in total. The van der Waals surface area contributed by atoms with Crippen molar-refractivity contribution in [1.82, 2.24) is 15.2 Å². The van der Waals surface area contributed by atoms with Gasteiger partial charge in [-0.25, -0.2) is 5.10 Å².